The lowest BCUT2D eigenvalue weighted by Crippen LogP contribution is -2.46. The van der Waals surface area contributed by atoms with Crippen LogP contribution in [-0.2, 0) is 4.74 Å². The van der Waals surface area contributed by atoms with E-state index in [0.29, 0.717) is 11.3 Å². The zero-order valence-electron chi connectivity index (χ0n) is 11.9. The molecule has 2 heterocycles. The second-order valence-corrected chi connectivity index (χ2v) is 4.75. The van der Waals surface area contributed by atoms with Crippen molar-refractivity contribution in [3.8, 4) is 0 Å². The monoisotopic (exact) mass is 336 g/mol. The van der Waals surface area contributed by atoms with Crippen molar-refractivity contribution in [2.45, 2.75) is 13.0 Å². The molecule has 6 nitrogen and oxygen atoms in total. The lowest BCUT2D eigenvalue weighted by atomic mass is 10.2. The summed E-state index contributed by atoms with van der Waals surface area (Å²) in [6, 6.07) is 1.69. The highest BCUT2D eigenvalue weighted by Gasteiger charge is 2.17. The van der Waals surface area contributed by atoms with Crippen molar-refractivity contribution in [3.63, 3.8) is 0 Å². The molecule has 1 aliphatic rings. The summed E-state index contributed by atoms with van der Waals surface area (Å²) in [6.45, 7) is 6.14. The summed E-state index contributed by atoms with van der Waals surface area (Å²) in [5, 5.41) is 2.94. The topological polar surface area (TPSA) is 80.5 Å². The fourth-order valence-electron chi connectivity index (χ4n) is 2.11. The lowest BCUT2D eigenvalue weighted by Gasteiger charge is -2.29. The number of carbonyl (C=O) groups is 1. The van der Waals surface area contributed by atoms with Gasteiger partial charge >= 0.3 is 0 Å². The molecule has 2 rings (SSSR count). The zero-order valence-corrected chi connectivity index (χ0v) is 13.6. The standard InChI is InChI=1S/C13H20N4O2.2ClH/c1-10(9-17-4-6-19-7-5-17)16-13(18)11-8-15-3-2-12(11)14;;/h2-3,8,10H,4-7,9H2,1H3,(H2,14,15)(H,16,18);2*1H. The number of morpholine rings is 1. The molecule has 3 N–H and O–H groups in total. The molecule has 8 heteroatoms. The SMILES string of the molecule is CC(CN1CCOCC1)NC(=O)c1cnccc1N.Cl.Cl. The van der Waals surface area contributed by atoms with E-state index in [0.717, 1.165) is 32.8 Å². The van der Waals surface area contributed by atoms with Gasteiger partial charge in [0.1, 0.15) is 0 Å². The Bertz CT molecular complexity index is 442. The maximum absolute atomic E-state index is 12.0. The zero-order chi connectivity index (χ0) is 13.7. The van der Waals surface area contributed by atoms with Crippen LogP contribution >= 0.6 is 24.8 Å². The van der Waals surface area contributed by atoms with Crippen molar-refractivity contribution in [1.29, 1.82) is 0 Å². The molecular formula is C13H22Cl2N4O2. The first-order valence-corrected chi connectivity index (χ1v) is 6.47. The van der Waals surface area contributed by atoms with E-state index in [-0.39, 0.29) is 36.8 Å². The minimum Gasteiger partial charge on any atom is -0.398 e. The summed E-state index contributed by atoms with van der Waals surface area (Å²) >= 11 is 0. The van der Waals surface area contributed by atoms with Crippen molar-refractivity contribution in [1.82, 2.24) is 15.2 Å². The van der Waals surface area contributed by atoms with Crippen LogP contribution < -0.4 is 11.1 Å². The van der Waals surface area contributed by atoms with Gasteiger partial charge < -0.3 is 15.8 Å². The molecule has 0 aromatic carbocycles. The smallest absolute Gasteiger partial charge is 0.255 e. The van der Waals surface area contributed by atoms with Gasteiger partial charge in [-0.25, -0.2) is 0 Å². The van der Waals surface area contributed by atoms with Gasteiger partial charge in [-0.2, -0.15) is 0 Å². The Morgan fingerprint density at radius 2 is 2.14 bits per heavy atom. The number of hydrogen-bond acceptors (Lipinski definition) is 5. The molecule has 1 aliphatic heterocycles. The molecule has 1 saturated heterocycles. The fraction of sp³-hybridized carbons (Fsp3) is 0.538. The number of nitrogens with two attached hydrogens (primary N) is 1. The first-order valence-electron chi connectivity index (χ1n) is 6.47. The van der Waals surface area contributed by atoms with E-state index in [1.807, 2.05) is 6.92 Å². The average molecular weight is 337 g/mol. The number of carbonyl (C=O) groups excluding carboxylic acids is 1. The Morgan fingerprint density at radius 3 is 2.76 bits per heavy atom. The van der Waals surface area contributed by atoms with Gasteiger partial charge in [-0.1, -0.05) is 0 Å². The van der Waals surface area contributed by atoms with Crippen LogP contribution in [0.15, 0.2) is 18.5 Å². The molecule has 1 unspecified atom stereocenters. The van der Waals surface area contributed by atoms with E-state index in [1.165, 1.54) is 6.20 Å². The van der Waals surface area contributed by atoms with Gasteiger partial charge in [-0.15, -0.1) is 24.8 Å². The highest BCUT2D eigenvalue weighted by molar-refractivity contribution is 5.98. The van der Waals surface area contributed by atoms with Crippen LogP contribution in [0.2, 0.25) is 0 Å². The molecule has 21 heavy (non-hydrogen) atoms. The number of nitrogens with one attached hydrogen (secondary N) is 1. The predicted molar refractivity (Wildman–Crippen MR) is 87.3 cm³/mol. The van der Waals surface area contributed by atoms with Crippen LogP contribution in [0.4, 0.5) is 5.69 Å². The van der Waals surface area contributed by atoms with Crippen LogP contribution in [0.5, 0.6) is 0 Å². The summed E-state index contributed by atoms with van der Waals surface area (Å²) < 4.78 is 5.29. The minimum atomic E-state index is -0.175. The number of aromatic nitrogens is 1. The van der Waals surface area contributed by atoms with Crippen LogP contribution in [0.25, 0.3) is 0 Å². The summed E-state index contributed by atoms with van der Waals surface area (Å²) in [7, 11) is 0. The van der Waals surface area contributed by atoms with Gasteiger partial charge in [-0.3, -0.25) is 14.7 Å². The van der Waals surface area contributed by atoms with Crippen molar-refractivity contribution in [2.75, 3.05) is 38.6 Å². The average Bonchev–Trinajstić information content (AvgIpc) is 2.40. The molecule has 0 saturated carbocycles. The van der Waals surface area contributed by atoms with Gasteiger partial charge in [0.15, 0.2) is 0 Å². The number of halogens is 2. The molecule has 1 aromatic rings. The third-order valence-corrected chi connectivity index (χ3v) is 3.11. The third kappa shape index (κ3) is 6.05. The molecule has 0 bridgehead atoms. The molecule has 0 radical (unpaired) electrons. The Kier molecular flexibility index (Phi) is 9.28. The molecule has 0 spiro atoms. The lowest BCUT2D eigenvalue weighted by molar-refractivity contribution is 0.0342. The Hall–Kier alpha value is -1.08. The number of nitrogens with zero attached hydrogens (tertiary/aromatic N) is 2. The second-order valence-electron chi connectivity index (χ2n) is 4.75. The van der Waals surface area contributed by atoms with E-state index in [1.54, 1.807) is 12.3 Å². The van der Waals surface area contributed by atoms with Gasteiger partial charge in [0, 0.05) is 43.8 Å². The third-order valence-electron chi connectivity index (χ3n) is 3.11. The van der Waals surface area contributed by atoms with Crippen molar-refractivity contribution >= 4 is 36.4 Å². The molecule has 1 atom stereocenters. The Labute approximate surface area is 137 Å². The summed E-state index contributed by atoms with van der Waals surface area (Å²) in [4.78, 5) is 18.2. The van der Waals surface area contributed by atoms with E-state index in [9.17, 15) is 4.79 Å². The molecular weight excluding hydrogens is 315 g/mol. The molecule has 1 amide bonds. The predicted octanol–water partition coefficient (Wildman–Crippen LogP) is 0.958. The summed E-state index contributed by atoms with van der Waals surface area (Å²) in [5.41, 5.74) is 6.63. The van der Waals surface area contributed by atoms with E-state index < -0.39 is 0 Å². The first kappa shape index (κ1) is 19.9. The van der Waals surface area contributed by atoms with Crippen LogP contribution in [0, 0.1) is 0 Å². The van der Waals surface area contributed by atoms with E-state index >= 15 is 0 Å². The maximum Gasteiger partial charge on any atom is 0.255 e. The number of anilines is 1. The maximum atomic E-state index is 12.0. The fourth-order valence-corrected chi connectivity index (χ4v) is 2.11. The number of rotatable bonds is 4. The molecule has 1 aromatic heterocycles. The van der Waals surface area contributed by atoms with Crippen LogP contribution in [0.1, 0.15) is 17.3 Å². The van der Waals surface area contributed by atoms with E-state index in [2.05, 4.69) is 15.2 Å². The van der Waals surface area contributed by atoms with E-state index in [4.69, 9.17) is 10.5 Å². The normalized spacial score (nSPS) is 16.2. The minimum absolute atomic E-state index is 0. The summed E-state index contributed by atoms with van der Waals surface area (Å²) in [5.74, 6) is -0.175. The number of hydrogen-bond donors (Lipinski definition) is 2. The number of pyridine rings is 1. The van der Waals surface area contributed by atoms with Crippen molar-refractivity contribution in [3.05, 3.63) is 24.0 Å². The van der Waals surface area contributed by atoms with Gasteiger partial charge in [0.2, 0.25) is 0 Å². The van der Waals surface area contributed by atoms with Crippen molar-refractivity contribution < 1.29 is 9.53 Å². The molecule has 1 fully saturated rings. The molecule has 0 aliphatic carbocycles. The highest BCUT2D eigenvalue weighted by atomic mass is 35.5. The number of nitrogen functional groups attached to an aromatic ring is 1. The quantitative estimate of drug-likeness (QED) is 0.855. The van der Waals surface area contributed by atoms with Crippen molar-refractivity contribution in [2.24, 2.45) is 0 Å². The van der Waals surface area contributed by atoms with Crippen LogP contribution in [0.3, 0.4) is 0 Å². The van der Waals surface area contributed by atoms with Gasteiger partial charge in [0.25, 0.3) is 5.91 Å². The van der Waals surface area contributed by atoms with Gasteiger partial charge in [0.05, 0.1) is 18.8 Å². The Morgan fingerprint density at radius 1 is 1.48 bits per heavy atom. The summed E-state index contributed by atoms with van der Waals surface area (Å²) in [6.07, 6.45) is 3.06. The first-order chi connectivity index (χ1) is 9.16. The largest absolute Gasteiger partial charge is 0.398 e. The Balaban J connectivity index is 0.00000200. The van der Waals surface area contributed by atoms with Gasteiger partial charge in [-0.05, 0) is 13.0 Å². The number of amides is 1. The highest BCUT2D eigenvalue weighted by Crippen LogP contribution is 2.08. The number of ether oxygens (including phenoxy) is 1. The second kappa shape index (κ2) is 9.78. The van der Waals surface area contributed by atoms with Crippen LogP contribution in [-0.4, -0.2) is 54.7 Å². The molecule has 120 valence electrons.